The lowest BCUT2D eigenvalue weighted by atomic mass is 9.93. The molecule has 94 valence electrons. The van der Waals surface area contributed by atoms with E-state index < -0.39 is 0 Å². The molecular weight excluding hydrogens is 200 g/mol. The minimum Gasteiger partial charge on any atom is -0.352 e. The van der Waals surface area contributed by atoms with Gasteiger partial charge in [0.1, 0.15) is 0 Å². The minimum atomic E-state index is 0.0246. The number of carbonyl (C=O) groups is 1. The molecule has 16 heavy (non-hydrogen) atoms. The molecule has 1 aliphatic rings. The standard InChI is InChI=1S/C13H26N2O/c1-5-11(9(2)3)15-13(16)12-8-10(4)6-7-14-12/h9-12,14H,5-8H2,1-4H3,(H,15,16). The van der Waals surface area contributed by atoms with Crippen LogP contribution in [0.1, 0.15) is 47.0 Å². The van der Waals surface area contributed by atoms with E-state index in [9.17, 15) is 4.79 Å². The van der Waals surface area contributed by atoms with Crippen LogP contribution >= 0.6 is 0 Å². The Labute approximate surface area is 99.4 Å². The number of piperidine rings is 1. The molecule has 0 spiro atoms. The van der Waals surface area contributed by atoms with Crippen LogP contribution in [-0.2, 0) is 4.79 Å². The van der Waals surface area contributed by atoms with Crippen molar-refractivity contribution in [1.82, 2.24) is 10.6 Å². The molecule has 0 bridgehead atoms. The number of rotatable bonds is 4. The molecule has 3 atom stereocenters. The van der Waals surface area contributed by atoms with Crippen molar-refractivity contribution in [2.24, 2.45) is 11.8 Å². The smallest absolute Gasteiger partial charge is 0.237 e. The summed E-state index contributed by atoms with van der Waals surface area (Å²) in [6, 6.07) is 0.336. The molecule has 0 radical (unpaired) electrons. The quantitative estimate of drug-likeness (QED) is 0.769. The van der Waals surface area contributed by atoms with Gasteiger partial charge in [-0.2, -0.15) is 0 Å². The van der Waals surface area contributed by atoms with E-state index in [4.69, 9.17) is 0 Å². The van der Waals surface area contributed by atoms with Crippen LogP contribution in [0.5, 0.6) is 0 Å². The molecule has 1 aliphatic heterocycles. The zero-order chi connectivity index (χ0) is 12.1. The molecule has 1 rings (SSSR count). The van der Waals surface area contributed by atoms with Crippen LogP contribution in [0.2, 0.25) is 0 Å². The first-order valence-corrected chi connectivity index (χ1v) is 6.58. The fraction of sp³-hybridized carbons (Fsp3) is 0.923. The molecule has 3 nitrogen and oxygen atoms in total. The summed E-state index contributed by atoms with van der Waals surface area (Å²) in [4.78, 5) is 12.0. The van der Waals surface area contributed by atoms with Gasteiger partial charge in [0.25, 0.3) is 0 Å². The summed E-state index contributed by atoms with van der Waals surface area (Å²) in [6.45, 7) is 9.64. The second-order valence-corrected chi connectivity index (χ2v) is 5.40. The Kier molecular flexibility index (Phi) is 5.26. The number of hydrogen-bond acceptors (Lipinski definition) is 2. The average molecular weight is 226 g/mol. The van der Waals surface area contributed by atoms with E-state index in [0.29, 0.717) is 17.9 Å². The van der Waals surface area contributed by atoms with Crippen LogP contribution in [0.4, 0.5) is 0 Å². The number of hydrogen-bond donors (Lipinski definition) is 2. The monoisotopic (exact) mass is 226 g/mol. The van der Waals surface area contributed by atoms with Crippen molar-refractivity contribution >= 4 is 5.91 Å². The van der Waals surface area contributed by atoms with E-state index in [-0.39, 0.29) is 11.9 Å². The van der Waals surface area contributed by atoms with Gasteiger partial charge in [-0.25, -0.2) is 0 Å². The van der Waals surface area contributed by atoms with Gasteiger partial charge in [-0.3, -0.25) is 4.79 Å². The largest absolute Gasteiger partial charge is 0.352 e. The van der Waals surface area contributed by atoms with Gasteiger partial charge in [-0.1, -0.05) is 27.7 Å². The molecule has 0 aromatic rings. The maximum atomic E-state index is 12.0. The van der Waals surface area contributed by atoms with Crippen LogP contribution in [0.25, 0.3) is 0 Å². The van der Waals surface area contributed by atoms with Gasteiger partial charge in [0, 0.05) is 6.04 Å². The predicted molar refractivity (Wildman–Crippen MR) is 67.2 cm³/mol. The molecule has 0 aromatic carbocycles. The van der Waals surface area contributed by atoms with Crippen LogP contribution in [-0.4, -0.2) is 24.5 Å². The lowest BCUT2D eigenvalue weighted by Crippen LogP contribution is -2.51. The normalized spacial score (nSPS) is 27.8. The first-order chi connectivity index (χ1) is 7.54. The molecule has 1 fully saturated rings. The summed E-state index contributed by atoms with van der Waals surface area (Å²) in [5, 5.41) is 6.46. The number of nitrogens with one attached hydrogen (secondary N) is 2. The number of carbonyl (C=O) groups excluding carboxylic acids is 1. The second kappa shape index (κ2) is 6.24. The molecule has 0 aliphatic carbocycles. The van der Waals surface area contributed by atoms with Crippen molar-refractivity contribution in [2.45, 2.75) is 59.0 Å². The SMILES string of the molecule is CCC(NC(=O)C1CC(C)CCN1)C(C)C. The van der Waals surface area contributed by atoms with E-state index in [0.717, 1.165) is 19.4 Å². The van der Waals surface area contributed by atoms with Gasteiger partial charge in [-0.15, -0.1) is 0 Å². The van der Waals surface area contributed by atoms with Gasteiger partial charge < -0.3 is 10.6 Å². The Hall–Kier alpha value is -0.570. The van der Waals surface area contributed by atoms with E-state index >= 15 is 0 Å². The molecule has 0 aromatic heterocycles. The van der Waals surface area contributed by atoms with Crippen molar-refractivity contribution in [3.05, 3.63) is 0 Å². The van der Waals surface area contributed by atoms with Gasteiger partial charge in [-0.05, 0) is 37.6 Å². The molecular formula is C13H26N2O. The first-order valence-electron chi connectivity index (χ1n) is 6.58. The Bertz CT molecular complexity index is 228. The maximum Gasteiger partial charge on any atom is 0.237 e. The molecule has 1 amide bonds. The Balaban J connectivity index is 2.44. The maximum absolute atomic E-state index is 12.0. The molecule has 2 N–H and O–H groups in total. The topological polar surface area (TPSA) is 41.1 Å². The Morgan fingerprint density at radius 1 is 1.50 bits per heavy atom. The van der Waals surface area contributed by atoms with Crippen LogP contribution < -0.4 is 10.6 Å². The highest BCUT2D eigenvalue weighted by Gasteiger charge is 2.26. The highest BCUT2D eigenvalue weighted by atomic mass is 16.2. The fourth-order valence-corrected chi connectivity index (χ4v) is 2.33. The van der Waals surface area contributed by atoms with Crippen LogP contribution in [0.3, 0.4) is 0 Å². The lowest BCUT2D eigenvalue weighted by Gasteiger charge is -2.30. The van der Waals surface area contributed by atoms with Gasteiger partial charge >= 0.3 is 0 Å². The average Bonchev–Trinajstić information content (AvgIpc) is 2.25. The summed E-state index contributed by atoms with van der Waals surface area (Å²) in [5.41, 5.74) is 0. The molecule has 1 heterocycles. The first kappa shape index (κ1) is 13.5. The summed E-state index contributed by atoms with van der Waals surface area (Å²) in [7, 11) is 0. The lowest BCUT2D eigenvalue weighted by molar-refractivity contribution is -0.125. The molecule has 0 saturated carbocycles. The predicted octanol–water partition coefficient (Wildman–Crippen LogP) is 1.93. The third-order valence-electron chi connectivity index (χ3n) is 3.55. The highest BCUT2D eigenvalue weighted by Crippen LogP contribution is 2.15. The third-order valence-corrected chi connectivity index (χ3v) is 3.55. The summed E-state index contributed by atoms with van der Waals surface area (Å²) >= 11 is 0. The number of amides is 1. The Morgan fingerprint density at radius 2 is 2.19 bits per heavy atom. The fourth-order valence-electron chi connectivity index (χ4n) is 2.33. The van der Waals surface area contributed by atoms with Crippen molar-refractivity contribution in [2.75, 3.05) is 6.54 Å². The molecule has 1 saturated heterocycles. The minimum absolute atomic E-state index is 0.0246. The summed E-state index contributed by atoms with van der Waals surface area (Å²) in [5.74, 6) is 1.36. The zero-order valence-corrected chi connectivity index (χ0v) is 11.0. The van der Waals surface area contributed by atoms with Crippen molar-refractivity contribution < 1.29 is 4.79 Å². The molecule has 3 heteroatoms. The van der Waals surface area contributed by atoms with Crippen molar-refractivity contribution in [3.8, 4) is 0 Å². The van der Waals surface area contributed by atoms with Gasteiger partial charge in [0.05, 0.1) is 6.04 Å². The van der Waals surface area contributed by atoms with Gasteiger partial charge in [0.15, 0.2) is 0 Å². The third kappa shape index (κ3) is 3.78. The summed E-state index contributed by atoms with van der Waals surface area (Å²) in [6.07, 6.45) is 3.16. The molecule has 3 unspecified atom stereocenters. The van der Waals surface area contributed by atoms with Crippen molar-refractivity contribution in [3.63, 3.8) is 0 Å². The van der Waals surface area contributed by atoms with Crippen molar-refractivity contribution in [1.29, 1.82) is 0 Å². The second-order valence-electron chi connectivity index (χ2n) is 5.40. The zero-order valence-electron chi connectivity index (χ0n) is 11.0. The Morgan fingerprint density at radius 3 is 2.69 bits per heavy atom. The van der Waals surface area contributed by atoms with E-state index in [1.54, 1.807) is 0 Å². The highest BCUT2D eigenvalue weighted by molar-refractivity contribution is 5.82. The van der Waals surface area contributed by atoms with Crippen LogP contribution in [0.15, 0.2) is 0 Å². The van der Waals surface area contributed by atoms with Gasteiger partial charge in [0.2, 0.25) is 5.91 Å². The van der Waals surface area contributed by atoms with E-state index in [2.05, 4.69) is 38.3 Å². The van der Waals surface area contributed by atoms with E-state index in [1.807, 2.05) is 0 Å². The van der Waals surface area contributed by atoms with Crippen LogP contribution in [0, 0.1) is 11.8 Å². The van der Waals surface area contributed by atoms with E-state index in [1.165, 1.54) is 6.42 Å². The summed E-state index contributed by atoms with van der Waals surface area (Å²) < 4.78 is 0.